The quantitative estimate of drug-likeness (QED) is 0.806. The van der Waals surface area contributed by atoms with Crippen LogP contribution in [0.25, 0.3) is 0 Å². The lowest BCUT2D eigenvalue weighted by atomic mass is 10.3. The monoisotopic (exact) mass is 250 g/mol. The molecule has 2 N–H and O–H groups in total. The van der Waals surface area contributed by atoms with E-state index in [-0.39, 0.29) is 12.5 Å². The van der Waals surface area contributed by atoms with Gasteiger partial charge >= 0.3 is 0 Å². The van der Waals surface area contributed by atoms with Crippen LogP contribution in [0.5, 0.6) is 5.75 Å². The Balaban J connectivity index is 1.93. The van der Waals surface area contributed by atoms with Gasteiger partial charge in [-0.15, -0.1) is 0 Å². The molecule has 0 unspecified atom stereocenters. The van der Waals surface area contributed by atoms with E-state index in [0.29, 0.717) is 11.7 Å². The van der Waals surface area contributed by atoms with Crippen molar-refractivity contribution in [1.29, 1.82) is 0 Å². The Labute approximate surface area is 103 Å². The molecule has 2 heterocycles. The highest BCUT2D eigenvalue weighted by molar-refractivity contribution is 5.90. The first-order valence-corrected chi connectivity index (χ1v) is 5.36. The number of nitrogens with zero attached hydrogens (tertiary/aromatic N) is 4. The SMILES string of the molecule is Cc1nn(C)c(C)c1OCC(=O)Nc1ncn[nH]1. The minimum absolute atomic E-state index is 0.103. The highest BCUT2D eigenvalue weighted by atomic mass is 16.5. The van der Waals surface area contributed by atoms with Crippen LogP contribution in [0.1, 0.15) is 11.4 Å². The van der Waals surface area contributed by atoms with Gasteiger partial charge in [0.05, 0.1) is 5.69 Å². The van der Waals surface area contributed by atoms with Crippen LogP contribution in [0.15, 0.2) is 6.33 Å². The van der Waals surface area contributed by atoms with Crippen molar-refractivity contribution in [1.82, 2.24) is 25.0 Å². The Morgan fingerprint density at radius 1 is 1.56 bits per heavy atom. The van der Waals surface area contributed by atoms with Crippen molar-refractivity contribution < 1.29 is 9.53 Å². The van der Waals surface area contributed by atoms with Gasteiger partial charge in [-0.25, -0.2) is 5.10 Å². The van der Waals surface area contributed by atoms with Gasteiger partial charge < -0.3 is 4.74 Å². The number of amides is 1. The Hall–Kier alpha value is -2.38. The molecule has 0 aromatic carbocycles. The minimum Gasteiger partial charge on any atom is -0.480 e. The first kappa shape index (κ1) is 12.1. The van der Waals surface area contributed by atoms with Crippen molar-refractivity contribution in [2.45, 2.75) is 13.8 Å². The normalized spacial score (nSPS) is 10.4. The van der Waals surface area contributed by atoms with Crippen LogP contribution >= 0.6 is 0 Å². The van der Waals surface area contributed by atoms with E-state index in [1.54, 1.807) is 4.68 Å². The highest BCUT2D eigenvalue weighted by Crippen LogP contribution is 2.21. The van der Waals surface area contributed by atoms with Gasteiger partial charge in [0.15, 0.2) is 12.4 Å². The molecule has 0 fully saturated rings. The lowest BCUT2D eigenvalue weighted by Crippen LogP contribution is -2.21. The van der Waals surface area contributed by atoms with E-state index >= 15 is 0 Å². The second kappa shape index (κ2) is 4.86. The number of hydrogen-bond acceptors (Lipinski definition) is 5. The molecule has 96 valence electrons. The molecule has 0 atom stereocenters. The molecule has 0 aliphatic carbocycles. The molecule has 2 aromatic rings. The summed E-state index contributed by atoms with van der Waals surface area (Å²) in [4.78, 5) is 15.3. The summed E-state index contributed by atoms with van der Waals surface area (Å²) >= 11 is 0. The van der Waals surface area contributed by atoms with E-state index in [1.165, 1.54) is 6.33 Å². The summed E-state index contributed by atoms with van der Waals surface area (Å²) in [5.74, 6) is 0.614. The number of hydrogen-bond donors (Lipinski definition) is 2. The molecule has 0 saturated carbocycles. The van der Waals surface area contributed by atoms with Crippen LogP contribution < -0.4 is 10.1 Å². The Bertz CT molecular complexity index is 545. The fourth-order valence-electron chi connectivity index (χ4n) is 1.53. The maximum atomic E-state index is 11.6. The van der Waals surface area contributed by atoms with Gasteiger partial charge in [0.2, 0.25) is 5.95 Å². The van der Waals surface area contributed by atoms with E-state index in [0.717, 1.165) is 11.4 Å². The summed E-state index contributed by atoms with van der Waals surface area (Å²) in [5, 5.41) is 12.9. The molecule has 2 rings (SSSR count). The van der Waals surface area contributed by atoms with Gasteiger partial charge in [0.25, 0.3) is 5.91 Å². The van der Waals surface area contributed by atoms with Gasteiger partial charge in [-0.05, 0) is 13.8 Å². The molecular formula is C10H14N6O2. The fraction of sp³-hybridized carbons (Fsp3) is 0.400. The highest BCUT2D eigenvalue weighted by Gasteiger charge is 2.12. The van der Waals surface area contributed by atoms with Crippen molar-refractivity contribution >= 4 is 11.9 Å². The van der Waals surface area contributed by atoms with E-state index in [9.17, 15) is 4.79 Å². The van der Waals surface area contributed by atoms with E-state index in [1.807, 2.05) is 20.9 Å². The summed E-state index contributed by atoms with van der Waals surface area (Å²) < 4.78 is 7.15. The Kier molecular flexibility index (Phi) is 3.26. The molecular weight excluding hydrogens is 236 g/mol. The molecule has 0 spiro atoms. The largest absolute Gasteiger partial charge is 0.480 e. The number of aromatic nitrogens is 5. The second-order valence-corrected chi connectivity index (χ2v) is 3.79. The number of nitrogens with one attached hydrogen (secondary N) is 2. The maximum absolute atomic E-state index is 11.6. The van der Waals surface area contributed by atoms with E-state index < -0.39 is 0 Å². The number of aryl methyl sites for hydroxylation is 2. The molecule has 0 aliphatic heterocycles. The zero-order valence-electron chi connectivity index (χ0n) is 10.4. The van der Waals surface area contributed by atoms with Gasteiger partial charge in [0.1, 0.15) is 12.0 Å². The lowest BCUT2D eigenvalue weighted by molar-refractivity contribution is -0.118. The van der Waals surface area contributed by atoms with Crippen molar-refractivity contribution in [3.63, 3.8) is 0 Å². The standard InChI is InChI=1S/C10H14N6O2/c1-6-9(7(2)16(3)15-6)18-4-8(17)13-10-11-5-12-14-10/h5H,4H2,1-3H3,(H2,11,12,13,14,17). The zero-order chi connectivity index (χ0) is 13.1. The van der Waals surface area contributed by atoms with Crippen LogP contribution in [-0.4, -0.2) is 37.5 Å². The molecule has 2 aromatic heterocycles. The van der Waals surface area contributed by atoms with Crippen molar-refractivity contribution in [3.05, 3.63) is 17.7 Å². The lowest BCUT2D eigenvalue weighted by Gasteiger charge is -2.05. The number of aromatic amines is 1. The van der Waals surface area contributed by atoms with Gasteiger partial charge in [-0.1, -0.05) is 0 Å². The topological polar surface area (TPSA) is 97.7 Å². The summed E-state index contributed by atoms with van der Waals surface area (Å²) in [7, 11) is 1.82. The number of carbonyl (C=O) groups excluding carboxylic acids is 1. The van der Waals surface area contributed by atoms with Crippen molar-refractivity contribution in [2.24, 2.45) is 7.05 Å². The molecule has 8 nitrogen and oxygen atoms in total. The number of anilines is 1. The molecule has 1 amide bonds. The predicted octanol–water partition coefficient (Wildman–Crippen LogP) is 0.173. The average Bonchev–Trinajstić information content (AvgIpc) is 2.88. The van der Waals surface area contributed by atoms with Crippen molar-refractivity contribution in [3.8, 4) is 5.75 Å². The summed E-state index contributed by atoms with van der Waals surface area (Å²) in [6.45, 7) is 3.61. The summed E-state index contributed by atoms with van der Waals surface area (Å²) in [6, 6.07) is 0. The number of ether oxygens (including phenoxy) is 1. The van der Waals surface area contributed by atoms with Crippen LogP contribution in [0.3, 0.4) is 0 Å². The summed E-state index contributed by atoms with van der Waals surface area (Å²) in [5.41, 5.74) is 1.63. The Morgan fingerprint density at radius 3 is 2.89 bits per heavy atom. The molecule has 0 saturated heterocycles. The van der Waals surface area contributed by atoms with Crippen molar-refractivity contribution in [2.75, 3.05) is 11.9 Å². The minimum atomic E-state index is -0.311. The molecule has 18 heavy (non-hydrogen) atoms. The van der Waals surface area contributed by atoms with Crippen LogP contribution in [0, 0.1) is 13.8 Å². The molecule has 8 heteroatoms. The Morgan fingerprint density at radius 2 is 2.33 bits per heavy atom. The first-order chi connectivity index (χ1) is 8.58. The molecule has 0 radical (unpaired) electrons. The maximum Gasteiger partial charge on any atom is 0.264 e. The van der Waals surface area contributed by atoms with E-state index in [4.69, 9.17) is 4.74 Å². The number of carbonyl (C=O) groups is 1. The third-order valence-corrected chi connectivity index (χ3v) is 2.46. The predicted molar refractivity (Wildman–Crippen MR) is 63.2 cm³/mol. The first-order valence-electron chi connectivity index (χ1n) is 5.36. The van der Waals surface area contributed by atoms with Crippen LogP contribution in [0.4, 0.5) is 5.95 Å². The van der Waals surface area contributed by atoms with E-state index in [2.05, 4.69) is 25.6 Å². The van der Waals surface area contributed by atoms with Crippen LogP contribution in [0.2, 0.25) is 0 Å². The number of rotatable bonds is 4. The molecule has 0 bridgehead atoms. The average molecular weight is 250 g/mol. The van der Waals surface area contributed by atoms with Gasteiger partial charge in [-0.2, -0.15) is 15.2 Å². The zero-order valence-corrected chi connectivity index (χ0v) is 10.4. The third-order valence-electron chi connectivity index (χ3n) is 2.46. The summed E-state index contributed by atoms with van der Waals surface area (Å²) in [6.07, 6.45) is 1.31. The fourth-order valence-corrected chi connectivity index (χ4v) is 1.53. The van der Waals surface area contributed by atoms with Gasteiger partial charge in [-0.3, -0.25) is 14.8 Å². The number of H-pyrrole nitrogens is 1. The van der Waals surface area contributed by atoms with Crippen LogP contribution in [-0.2, 0) is 11.8 Å². The third kappa shape index (κ3) is 2.47. The second-order valence-electron chi connectivity index (χ2n) is 3.79. The smallest absolute Gasteiger partial charge is 0.264 e. The molecule has 0 aliphatic rings. The van der Waals surface area contributed by atoms with Gasteiger partial charge in [0, 0.05) is 7.05 Å².